The number of hydrogen-bond donors (Lipinski definition) is 1. The molecule has 8 nitrogen and oxygen atoms in total. The van der Waals surface area contributed by atoms with Crippen LogP contribution in [0.1, 0.15) is 61.7 Å². The van der Waals surface area contributed by atoms with Crippen molar-refractivity contribution in [2.75, 3.05) is 13.2 Å². The first-order valence-electron chi connectivity index (χ1n) is 13.0. The summed E-state index contributed by atoms with van der Waals surface area (Å²) < 4.78 is 13.4. The van der Waals surface area contributed by atoms with E-state index in [1.807, 2.05) is 31.2 Å². The minimum absolute atomic E-state index is 0.0645. The number of para-hydroxylation sites is 2. The molecule has 1 saturated heterocycles. The van der Waals surface area contributed by atoms with Gasteiger partial charge in [-0.25, -0.2) is 9.78 Å². The number of phenolic OH excluding ortho intramolecular Hbond substituents is 1. The second-order valence-corrected chi connectivity index (χ2v) is 9.75. The average molecular weight is 504 g/mol. The van der Waals surface area contributed by atoms with E-state index >= 15 is 0 Å². The molecule has 0 saturated carbocycles. The van der Waals surface area contributed by atoms with Crippen LogP contribution in [-0.2, 0) is 24.8 Å². The fraction of sp³-hybridized carbons (Fsp3) is 0.414. The maximum absolute atomic E-state index is 14.2. The van der Waals surface area contributed by atoms with Crippen LogP contribution in [0, 0.1) is 0 Å². The molecule has 37 heavy (non-hydrogen) atoms. The second-order valence-electron chi connectivity index (χ2n) is 9.75. The topological polar surface area (TPSA) is 97.8 Å². The number of aryl methyl sites for hydroxylation is 2. The number of fused-ring (bicyclic) bond motifs is 2. The quantitative estimate of drug-likeness (QED) is 0.363. The summed E-state index contributed by atoms with van der Waals surface area (Å²) in [7, 11) is 1.81. The van der Waals surface area contributed by atoms with E-state index < -0.39 is 5.97 Å². The van der Waals surface area contributed by atoms with Crippen LogP contribution in [0.3, 0.4) is 0 Å². The van der Waals surface area contributed by atoms with Gasteiger partial charge in [0, 0.05) is 19.6 Å². The molecule has 1 aliphatic heterocycles. The Morgan fingerprint density at radius 3 is 2.73 bits per heavy atom. The number of hydrogen-bond acceptors (Lipinski definition) is 7. The number of ether oxygens (including phenoxy) is 1. The Bertz CT molecular complexity index is 1550. The Balaban J connectivity index is 1.82. The van der Waals surface area contributed by atoms with E-state index in [-0.39, 0.29) is 34.7 Å². The van der Waals surface area contributed by atoms with E-state index in [2.05, 4.69) is 16.8 Å². The molecular weight excluding hydrogens is 470 g/mol. The Morgan fingerprint density at radius 1 is 1.24 bits per heavy atom. The number of benzene rings is 2. The van der Waals surface area contributed by atoms with Gasteiger partial charge in [-0.15, -0.1) is 0 Å². The van der Waals surface area contributed by atoms with Crippen molar-refractivity contribution < 1.29 is 19.1 Å². The Morgan fingerprint density at radius 2 is 2.03 bits per heavy atom. The van der Waals surface area contributed by atoms with E-state index in [9.17, 15) is 14.7 Å². The SMILES string of the molecule is CCOC(=O)c1oc2c(CN3CCCC[C@H]3C)c(O)c(CC)cc2c(=O)c1-c1nc2ccccc2n1C. The number of carbonyl (C=O) groups excluding carboxylic acids is 1. The van der Waals surface area contributed by atoms with Crippen LogP contribution < -0.4 is 5.43 Å². The van der Waals surface area contributed by atoms with Crippen molar-refractivity contribution in [3.05, 3.63) is 57.4 Å². The van der Waals surface area contributed by atoms with Gasteiger partial charge >= 0.3 is 5.97 Å². The number of phenols is 1. The van der Waals surface area contributed by atoms with E-state index in [0.29, 0.717) is 46.9 Å². The van der Waals surface area contributed by atoms with Crippen LogP contribution >= 0.6 is 0 Å². The summed E-state index contributed by atoms with van der Waals surface area (Å²) in [5.74, 6) is -0.493. The number of likely N-dealkylation sites (tertiary alicyclic amines) is 1. The number of nitrogens with zero attached hydrogens (tertiary/aromatic N) is 3. The first kappa shape index (κ1) is 25.0. The first-order chi connectivity index (χ1) is 17.8. The number of aromatic hydroxyl groups is 1. The normalized spacial score (nSPS) is 16.5. The van der Waals surface area contributed by atoms with Gasteiger partial charge in [0.25, 0.3) is 0 Å². The van der Waals surface area contributed by atoms with Gasteiger partial charge in [0.2, 0.25) is 11.2 Å². The molecule has 0 amide bonds. The lowest BCUT2D eigenvalue weighted by Crippen LogP contribution is -2.36. The van der Waals surface area contributed by atoms with Crippen molar-refractivity contribution in [1.29, 1.82) is 0 Å². The van der Waals surface area contributed by atoms with Crippen molar-refractivity contribution in [2.24, 2.45) is 7.05 Å². The van der Waals surface area contributed by atoms with E-state index in [1.54, 1.807) is 24.6 Å². The molecule has 2 aromatic heterocycles. The largest absolute Gasteiger partial charge is 0.507 e. The van der Waals surface area contributed by atoms with Gasteiger partial charge in [0.05, 0.1) is 28.6 Å². The lowest BCUT2D eigenvalue weighted by atomic mass is 9.97. The Labute approximate surface area is 215 Å². The highest BCUT2D eigenvalue weighted by Crippen LogP contribution is 2.36. The molecule has 1 atom stereocenters. The standard InChI is InChI=1S/C29H33N3O5/c1-5-18-15-19-25(34)23(28-30-21-12-7-8-13-22(21)31(28)4)27(29(35)36-6-2)37-26(19)20(24(18)33)16-32-14-10-9-11-17(32)3/h7-8,12-13,15,17,33H,5-6,9-11,14,16H2,1-4H3/t17-/m1/s1. The van der Waals surface area contributed by atoms with Gasteiger partial charge in [-0.2, -0.15) is 0 Å². The smallest absolute Gasteiger partial charge is 0.375 e. The van der Waals surface area contributed by atoms with Crippen molar-refractivity contribution >= 4 is 28.0 Å². The van der Waals surface area contributed by atoms with Gasteiger partial charge in [0.1, 0.15) is 22.7 Å². The molecule has 8 heteroatoms. The number of esters is 1. The van der Waals surface area contributed by atoms with Crippen LogP contribution in [-0.4, -0.2) is 44.7 Å². The van der Waals surface area contributed by atoms with Crippen molar-refractivity contribution in [1.82, 2.24) is 14.5 Å². The predicted molar refractivity (Wildman–Crippen MR) is 143 cm³/mol. The predicted octanol–water partition coefficient (Wildman–Crippen LogP) is 5.17. The molecule has 1 fully saturated rings. The van der Waals surface area contributed by atoms with E-state index in [4.69, 9.17) is 9.15 Å². The highest BCUT2D eigenvalue weighted by molar-refractivity contribution is 5.98. The van der Waals surface area contributed by atoms with Gasteiger partial charge in [0.15, 0.2) is 0 Å². The average Bonchev–Trinajstić information content (AvgIpc) is 3.22. The molecule has 4 aromatic rings. The molecule has 2 aromatic carbocycles. The summed E-state index contributed by atoms with van der Waals surface area (Å²) in [6, 6.07) is 9.55. The monoisotopic (exact) mass is 503 g/mol. The van der Waals surface area contributed by atoms with Crippen LogP contribution in [0.15, 0.2) is 39.5 Å². The summed E-state index contributed by atoms with van der Waals surface area (Å²) in [6.45, 7) is 7.26. The summed E-state index contributed by atoms with van der Waals surface area (Å²) in [5, 5.41) is 11.6. The summed E-state index contributed by atoms with van der Waals surface area (Å²) in [6.07, 6.45) is 3.86. The molecule has 3 heterocycles. The maximum atomic E-state index is 14.2. The Hall–Kier alpha value is -3.65. The highest BCUT2D eigenvalue weighted by Gasteiger charge is 2.30. The zero-order valence-electron chi connectivity index (χ0n) is 21.8. The summed E-state index contributed by atoms with van der Waals surface area (Å²) in [4.78, 5) is 34.3. The lowest BCUT2D eigenvalue weighted by Gasteiger charge is -2.33. The number of imidazole rings is 1. The van der Waals surface area contributed by atoms with E-state index in [0.717, 1.165) is 24.9 Å². The van der Waals surface area contributed by atoms with Gasteiger partial charge in [-0.05, 0) is 63.4 Å². The molecule has 0 aliphatic carbocycles. The van der Waals surface area contributed by atoms with Crippen molar-refractivity contribution in [2.45, 2.75) is 59.0 Å². The lowest BCUT2D eigenvalue weighted by molar-refractivity contribution is 0.0491. The maximum Gasteiger partial charge on any atom is 0.375 e. The van der Waals surface area contributed by atoms with Crippen molar-refractivity contribution in [3.8, 4) is 17.1 Å². The fourth-order valence-electron chi connectivity index (χ4n) is 5.37. The summed E-state index contributed by atoms with van der Waals surface area (Å²) in [5.41, 5.74) is 2.64. The minimum atomic E-state index is -0.736. The van der Waals surface area contributed by atoms with E-state index in [1.165, 1.54) is 6.42 Å². The summed E-state index contributed by atoms with van der Waals surface area (Å²) >= 11 is 0. The third kappa shape index (κ3) is 4.29. The third-order valence-electron chi connectivity index (χ3n) is 7.48. The molecule has 0 radical (unpaired) electrons. The molecule has 1 N–H and O–H groups in total. The van der Waals surface area contributed by atoms with Crippen LogP contribution in [0.4, 0.5) is 0 Å². The van der Waals surface area contributed by atoms with Gasteiger partial charge in [-0.3, -0.25) is 9.69 Å². The second kappa shape index (κ2) is 10.0. The van der Waals surface area contributed by atoms with Crippen molar-refractivity contribution in [3.63, 3.8) is 0 Å². The molecule has 0 unspecified atom stereocenters. The highest BCUT2D eigenvalue weighted by atomic mass is 16.5. The van der Waals surface area contributed by atoms with Crippen LogP contribution in [0.25, 0.3) is 33.4 Å². The van der Waals surface area contributed by atoms with Crippen LogP contribution in [0.5, 0.6) is 5.75 Å². The molecule has 0 bridgehead atoms. The minimum Gasteiger partial charge on any atom is -0.507 e. The van der Waals surface area contributed by atoms with Gasteiger partial charge < -0.3 is 18.8 Å². The number of aromatic nitrogens is 2. The zero-order chi connectivity index (χ0) is 26.3. The fourth-order valence-corrected chi connectivity index (χ4v) is 5.37. The molecule has 1 aliphatic rings. The molecular formula is C29H33N3O5. The number of carbonyl (C=O) groups is 1. The molecule has 194 valence electrons. The first-order valence-corrected chi connectivity index (χ1v) is 13.0. The zero-order valence-corrected chi connectivity index (χ0v) is 21.8. The third-order valence-corrected chi connectivity index (χ3v) is 7.48. The molecule has 0 spiro atoms. The van der Waals surface area contributed by atoms with Crippen LogP contribution in [0.2, 0.25) is 0 Å². The number of piperidine rings is 1. The molecule has 5 rings (SSSR count). The number of rotatable bonds is 6. The van der Waals surface area contributed by atoms with Gasteiger partial charge in [-0.1, -0.05) is 25.5 Å². The Kier molecular flexibility index (Phi) is 6.77.